The summed E-state index contributed by atoms with van der Waals surface area (Å²) >= 11 is 19.3. The summed E-state index contributed by atoms with van der Waals surface area (Å²) in [7, 11) is 0. The van der Waals surface area contributed by atoms with Crippen LogP contribution in [0.15, 0.2) is 47.6 Å². The number of hydrogen-bond acceptors (Lipinski definition) is 4. The van der Waals surface area contributed by atoms with E-state index in [1.54, 1.807) is 6.92 Å². The Morgan fingerprint density at radius 1 is 1.14 bits per heavy atom. The van der Waals surface area contributed by atoms with Gasteiger partial charge in [0, 0.05) is 5.02 Å². The van der Waals surface area contributed by atoms with Crippen molar-refractivity contribution < 1.29 is 4.79 Å². The van der Waals surface area contributed by atoms with Crippen molar-refractivity contribution in [3.8, 4) is 0 Å². The molecule has 3 rings (SSSR count). The van der Waals surface area contributed by atoms with Gasteiger partial charge in [0.2, 0.25) is 11.1 Å². The number of H-pyrrole nitrogens is 1. The number of carbonyl (C=O) groups is 1. The molecule has 1 heterocycles. The number of carbonyl (C=O) groups excluding carboxylic acids is 1. The summed E-state index contributed by atoms with van der Waals surface area (Å²) in [5.74, 6) is 0.324. The molecule has 0 fully saturated rings. The van der Waals surface area contributed by atoms with Crippen LogP contribution in [0.1, 0.15) is 18.3 Å². The van der Waals surface area contributed by atoms with Gasteiger partial charge < -0.3 is 5.32 Å². The topological polar surface area (TPSA) is 70.7 Å². The number of amides is 1. The van der Waals surface area contributed by atoms with E-state index >= 15 is 0 Å². The maximum absolute atomic E-state index is 12.5. The number of hydrogen-bond donors (Lipinski definition) is 2. The highest BCUT2D eigenvalue weighted by molar-refractivity contribution is 8.00. The van der Waals surface area contributed by atoms with Crippen LogP contribution in [-0.2, 0) is 4.79 Å². The molecule has 0 bridgehead atoms. The van der Waals surface area contributed by atoms with E-state index in [4.69, 9.17) is 34.8 Å². The average Bonchev–Trinajstić information content (AvgIpc) is 3.11. The number of halogens is 3. The van der Waals surface area contributed by atoms with Gasteiger partial charge in [0.15, 0.2) is 0 Å². The van der Waals surface area contributed by atoms with Crippen LogP contribution in [-0.4, -0.2) is 26.3 Å². The van der Waals surface area contributed by atoms with E-state index in [1.165, 1.54) is 23.9 Å². The van der Waals surface area contributed by atoms with Gasteiger partial charge in [-0.25, -0.2) is 4.98 Å². The quantitative estimate of drug-likeness (QED) is 0.445. The normalized spacial score (nSPS) is 12.3. The fourth-order valence-electron chi connectivity index (χ4n) is 2.22. The lowest BCUT2D eigenvalue weighted by Gasteiger charge is -2.13. The molecule has 0 aliphatic heterocycles. The Kier molecular flexibility index (Phi) is 7.02. The Morgan fingerprint density at radius 2 is 1.82 bits per heavy atom. The van der Waals surface area contributed by atoms with Gasteiger partial charge in [-0.05, 0) is 30.7 Å². The third-order valence-corrected chi connectivity index (χ3v) is 5.40. The highest BCUT2D eigenvalue weighted by Crippen LogP contribution is 2.34. The van der Waals surface area contributed by atoms with Crippen molar-refractivity contribution >= 4 is 70.3 Å². The van der Waals surface area contributed by atoms with Crippen LogP contribution in [0.5, 0.6) is 0 Å². The Bertz CT molecular complexity index is 984. The molecule has 0 radical (unpaired) electrons. The van der Waals surface area contributed by atoms with E-state index in [1.807, 2.05) is 42.5 Å². The second kappa shape index (κ2) is 9.47. The predicted molar refractivity (Wildman–Crippen MR) is 117 cm³/mol. The van der Waals surface area contributed by atoms with E-state index in [2.05, 4.69) is 20.5 Å². The lowest BCUT2D eigenvalue weighted by Crippen LogP contribution is -2.23. The molecular weight excluding hydrogens is 439 g/mol. The van der Waals surface area contributed by atoms with Gasteiger partial charge in [-0.2, -0.15) is 0 Å². The summed E-state index contributed by atoms with van der Waals surface area (Å²) in [6.07, 6.45) is 3.75. The van der Waals surface area contributed by atoms with Crippen LogP contribution in [0, 0.1) is 0 Å². The fraction of sp³-hybridized carbons (Fsp3) is 0.105. The number of benzene rings is 2. The van der Waals surface area contributed by atoms with Crippen molar-refractivity contribution in [1.29, 1.82) is 0 Å². The highest BCUT2D eigenvalue weighted by Gasteiger charge is 2.19. The minimum atomic E-state index is -0.468. The molecule has 28 heavy (non-hydrogen) atoms. The molecule has 1 amide bonds. The Morgan fingerprint density at radius 3 is 2.50 bits per heavy atom. The predicted octanol–water partition coefficient (Wildman–Crippen LogP) is 6.05. The molecule has 1 atom stereocenters. The lowest BCUT2D eigenvalue weighted by atomic mass is 10.2. The summed E-state index contributed by atoms with van der Waals surface area (Å²) in [5.41, 5.74) is 1.38. The smallest absolute Gasteiger partial charge is 0.237 e. The van der Waals surface area contributed by atoms with Gasteiger partial charge in [0.25, 0.3) is 0 Å². The maximum atomic E-state index is 12.5. The molecule has 0 spiro atoms. The highest BCUT2D eigenvalue weighted by atomic mass is 35.5. The number of rotatable bonds is 6. The first-order valence-electron chi connectivity index (χ1n) is 8.20. The molecule has 9 heteroatoms. The number of thioether (sulfide) groups is 1. The fourth-order valence-corrected chi connectivity index (χ4v) is 3.87. The van der Waals surface area contributed by atoms with Crippen molar-refractivity contribution in [2.75, 3.05) is 5.32 Å². The minimum absolute atomic E-state index is 0.272. The van der Waals surface area contributed by atoms with Crippen LogP contribution in [0.3, 0.4) is 0 Å². The molecule has 1 aromatic heterocycles. The summed E-state index contributed by atoms with van der Waals surface area (Å²) in [6.45, 7) is 1.74. The number of nitrogens with zero attached hydrogens (tertiary/aromatic N) is 2. The van der Waals surface area contributed by atoms with Crippen LogP contribution in [0.25, 0.3) is 12.2 Å². The lowest BCUT2D eigenvalue weighted by molar-refractivity contribution is -0.115. The van der Waals surface area contributed by atoms with E-state index in [-0.39, 0.29) is 16.0 Å². The SMILES string of the molecule is CC(Sc1n[nH]c(/C=C/c2ccccc2)n1)C(=O)Nc1c(Cl)cc(Cl)cc1Cl. The first-order valence-corrected chi connectivity index (χ1v) is 10.2. The van der Waals surface area contributed by atoms with Gasteiger partial charge >= 0.3 is 0 Å². The Labute approximate surface area is 181 Å². The van der Waals surface area contributed by atoms with E-state index < -0.39 is 5.25 Å². The second-order valence-corrected chi connectivity index (χ2v) is 8.30. The van der Waals surface area contributed by atoms with Gasteiger partial charge in [-0.15, -0.1) is 5.10 Å². The zero-order chi connectivity index (χ0) is 20.1. The summed E-state index contributed by atoms with van der Waals surface area (Å²) in [6, 6.07) is 12.9. The van der Waals surface area contributed by atoms with Crippen molar-refractivity contribution in [3.05, 3.63) is 68.9 Å². The van der Waals surface area contributed by atoms with Crippen molar-refractivity contribution in [3.63, 3.8) is 0 Å². The van der Waals surface area contributed by atoms with Crippen LogP contribution in [0.2, 0.25) is 15.1 Å². The zero-order valence-corrected chi connectivity index (χ0v) is 17.7. The largest absolute Gasteiger partial charge is 0.323 e. The third kappa shape index (κ3) is 5.52. The van der Waals surface area contributed by atoms with Gasteiger partial charge in [-0.3, -0.25) is 9.89 Å². The van der Waals surface area contributed by atoms with Gasteiger partial charge in [0.05, 0.1) is 21.0 Å². The third-order valence-electron chi connectivity index (χ3n) is 3.62. The molecule has 2 N–H and O–H groups in total. The van der Waals surface area contributed by atoms with Crippen LogP contribution in [0.4, 0.5) is 5.69 Å². The molecule has 0 aliphatic carbocycles. The average molecular weight is 454 g/mol. The minimum Gasteiger partial charge on any atom is -0.323 e. The molecule has 0 saturated carbocycles. The standard InChI is InChI=1S/C19H15Cl3N4OS/c1-11(18(27)24-17-14(21)9-13(20)10-15(17)22)28-19-23-16(25-26-19)8-7-12-5-3-2-4-6-12/h2-11H,1H3,(H,24,27)(H,23,25,26)/b8-7+. The molecule has 5 nitrogen and oxygen atoms in total. The van der Waals surface area contributed by atoms with Crippen molar-refractivity contribution in [1.82, 2.24) is 15.2 Å². The number of anilines is 1. The molecule has 2 aromatic carbocycles. The summed E-state index contributed by atoms with van der Waals surface area (Å²) in [5, 5.41) is 10.6. The first kappa shape index (κ1) is 20.7. The molecule has 1 unspecified atom stereocenters. The number of aromatic nitrogens is 3. The van der Waals surface area contributed by atoms with Crippen molar-refractivity contribution in [2.24, 2.45) is 0 Å². The van der Waals surface area contributed by atoms with E-state index in [0.717, 1.165) is 5.56 Å². The molecule has 144 valence electrons. The Balaban J connectivity index is 1.62. The first-order chi connectivity index (χ1) is 13.4. The van der Waals surface area contributed by atoms with Crippen molar-refractivity contribution in [2.45, 2.75) is 17.3 Å². The summed E-state index contributed by atoms with van der Waals surface area (Å²) in [4.78, 5) is 16.8. The van der Waals surface area contributed by atoms with Gasteiger partial charge in [-0.1, -0.05) is 83.0 Å². The maximum Gasteiger partial charge on any atom is 0.237 e. The molecule has 0 aliphatic rings. The molecule has 0 saturated heterocycles. The van der Waals surface area contributed by atoms with E-state index in [9.17, 15) is 4.79 Å². The monoisotopic (exact) mass is 452 g/mol. The Hall–Kier alpha value is -1.99. The second-order valence-electron chi connectivity index (χ2n) is 5.74. The molecule has 3 aromatic rings. The van der Waals surface area contributed by atoms with E-state index in [0.29, 0.717) is 21.7 Å². The van der Waals surface area contributed by atoms with Gasteiger partial charge in [0.1, 0.15) is 5.82 Å². The van der Waals surface area contributed by atoms with Crippen LogP contribution >= 0.6 is 46.6 Å². The summed E-state index contributed by atoms with van der Waals surface area (Å²) < 4.78 is 0. The zero-order valence-electron chi connectivity index (χ0n) is 14.6. The van der Waals surface area contributed by atoms with Crippen LogP contribution < -0.4 is 5.32 Å². The number of aromatic amines is 1. The number of nitrogens with one attached hydrogen (secondary N) is 2. The molecular formula is C19H15Cl3N4OS.